The number of aromatic nitrogens is 2. The molecule has 2 saturated heterocycles. The molecule has 0 aliphatic carbocycles. The van der Waals surface area contributed by atoms with Gasteiger partial charge >= 0.3 is 0 Å². The maximum absolute atomic E-state index is 13.1. The second-order valence-electron chi connectivity index (χ2n) is 9.17. The van der Waals surface area contributed by atoms with E-state index in [1.807, 2.05) is 19.1 Å². The molecule has 0 bridgehead atoms. The van der Waals surface area contributed by atoms with E-state index >= 15 is 0 Å². The molecule has 0 amide bonds. The van der Waals surface area contributed by atoms with E-state index in [2.05, 4.69) is 28.7 Å². The number of hydrogen-bond acceptors (Lipinski definition) is 6. The van der Waals surface area contributed by atoms with E-state index in [4.69, 9.17) is 0 Å². The Balaban J connectivity index is 1.46. The number of piperazine rings is 1. The van der Waals surface area contributed by atoms with Gasteiger partial charge in [-0.15, -0.1) is 0 Å². The van der Waals surface area contributed by atoms with Gasteiger partial charge in [-0.1, -0.05) is 26.0 Å². The SMILES string of the molecule is Cc1cc(N2CCN(S(=O)(=O)N3CCC(C)(C)CC3)CC2)nc(-c2ccccc2O)n1. The molecule has 31 heavy (non-hydrogen) atoms. The van der Waals surface area contributed by atoms with Crippen molar-refractivity contribution < 1.29 is 13.5 Å². The molecular weight excluding hydrogens is 414 g/mol. The van der Waals surface area contributed by atoms with Crippen molar-refractivity contribution in [3.63, 3.8) is 0 Å². The molecule has 8 nitrogen and oxygen atoms in total. The van der Waals surface area contributed by atoms with Crippen LogP contribution in [0.3, 0.4) is 0 Å². The standard InChI is InChI=1S/C22H31N5O3S/c1-17-16-20(24-21(23-17)18-6-4-5-7-19(18)28)25-12-14-27(15-13-25)31(29,30)26-10-8-22(2,3)9-11-26/h4-7,16,28H,8-15H2,1-3H3. The van der Waals surface area contributed by atoms with Crippen molar-refractivity contribution in [1.29, 1.82) is 0 Å². The lowest BCUT2D eigenvalue weighted by atomic mass is 9.83. The number of aromatic hydroxyl groups is 1. The van der Waals surface area contributed by atoms with E-state index in [0.717, 1.165) is 24.4 Å². The second kappa shape index (κ2) is 8.37. The number of piperidine rings is 1. The molecule has 9 heteroatoms. The highest BCUT2D eigenvalue weighted by atomic mass is 32.2. The third-order valence-electron chi connectivity index (χ3n) is 6.28. The minimum absolute atomic E-state index is 0.139. The van der Waals surface area contributed by atoms with Gasteiger partial charge in [0.15, 0.2) is 5.82 Å². The summed E-state index contributed by atoms with van der Waals surface area (Å²) in [6.45, 7) is 9.45. The van der Waals surface area contributed by atoms with Gasteiger partial charge in [-0.2, -0.15) is 17.0 Å². The van der Waals surface area contributed by atoms with Gasteiger partial charge in [-0.05, 0) is 37.3 Å². The van der Waals surface area contributed by atoms with Crippen molar-refractivity contribution in [2.24, 2.45) is 5.41 Å². The van der Waals surface area contributed by atoms with Crippen LogP contribution in [0.5, 0.6) is 5.75 Å². The van der Waals surface area contributed by atoms with Crippen molar-refractivity contribution in [1.82, 2.24) is 18.6 Å². The van der Waals surface area contributed by atoms with Gasteiger partial charge in [0.1, 0.15) is 11.6 Å². The maximum Gasteiger partial charge on any atom is 0.282 e. The highest BCUT2D eigenvalue weighted by molar-refractivity contribution is 7.86. The smallest absolute Gasteiger partial charge is 0.282 e. The summed E-state index contributed by atoms with van der Waals surface area (Å²) in [5.74, 6) is 1.36. The number of aryl methyl sites for hydroxylation is 1. The molecule has 0 unspecified atom stereocenters. The number of benzene rings is 1. The first kappa shape index (κ1) is 22.0. The highest BCUT2D eigenvalue weighted by Gasteiger charge is 2.36. The number of hydrogen-bond donors (Lipinski definition) is 1. The molecule has 4 rings (SSSR count). The zero-order valence-corrected chi connectivity index (χ0v) is 19.3. The zero-order valence-electron chi connectivity index (χ0n) is 18.5. The van der Waals surface area contributed by atoms with Crippen molar-refractivity contribution in [3.8, 4) is 17.1 Å². The summed E-state index contributed by atoms with van der Waals surface area (Å²) in [5, 5.41) is 10.2. The molecule has 0 spiro atoms. The molecule has 0 saturated carbocycles. The maximum atomic E-state index is 13.1. The molecule has 2 aromatic rings. The minimum Gasteiger partial charge on any atom is -0.507 e. The lowest BCUT2D eigenvalue weighted by Gasteiger charge is -2.41. The van der Waals surface area contributed by atoms with Crippen molar-refractivity contribution >= 4 is 16.0 Å². The number of phenols is 1. The topological polar surface area (TPSA) is 89.9 Å². The van der Waals surface area contributed by atoms with Gasteiger partial charge in [0.05, 0.1) is 5.56 Å². The third-order valence-corrected chi connectivity index (χ3v) is 8.31. The summed E-state index contributed by atoms with van der Waals surface area (Å²) in [5.41, 5.74) is 1.59. The number of rotatable bonds is 4. The number of para-hydroxylation sites is 1. The van der Waals surface area contributed by atoms with Gasteiger partial charge in [0.25, 0.3) is 10.2 Å². The number of phenolic OH excluding ortho intramolecular Hbond substituents is 1. The van der Waals surface area contributed by atoms with Gasteiger partial charge in [-0.25, -0.2) is 9.97 Å². The van der Waals surface area contributed by atoms with Crippen LogP contribution in [0.15, 0.2) is 30.3 Å². The number of nitrogens with zero attached hydrogens (tertiary/aromatic N) is 5. The predicted molar refractivity (Wildman–Crippen MR) is 121 cm³/mol. The van der Waals surface area contributed by atoms with Crippen LogP contribution in [0.4, 0.5) is 5.82 Å². The summed E-state index contributed by atoms with van der Waals surface area (Å²) in [6.07, 6.45) is 1.78. The van der Waals surface area contributed by atoms with Gasteiger partial charge in [-0.3, -0.25) is 0 Å². The fourth-order valence-corrected chi connectivity index (χ4v) is 5.73. The van der Waals surface area contributed by atoms with Crippen molar-refractivity contribution in [2.45, 2.75) is 33.6 Å². The zero-order chi connectivity index (χ0) is 22.2. The Labute approximate surface area is 184 Å². The van der Waals surface area contributed by atoms with E-state index < -0.39 is 10.2 Å². The van der Waals surface area contributed by atoms with E-state index in [1.165, 1.54) is 0 Å². The molecule has 2 aliphatic heterocycles. The Morgan fingerprint density at radius 1 is 0.935 bits per heavy atom. The average Bonchev–Trinajstić information content (AvgIpc) is 2.73. The van der Waals surface area contributed by atoms with E-state index in [0.29, 0.717) is 50.7 Å². The fraction of sp³-hybridized carbons (Fsp3) is 0.545. The minimum atomic E-state index is -3.43. The van der Waals surface area contributed by atoms with Crippen LogP contribution in [0.25, 0.3) is 11.4 Å². The molecule has 2 aliphatic rings. The molecule has 2 fully saturated rings. The summed E-state index contributed by atoms with van der Waals surface area (Å²) < 4.78 is 29.4. The van der Waals surface area contributed by atoms with Crippen LogP contribution in [-0.4, -0.2) is 71.4 Å². The molecule has 0 atom stereocenters. The summed E-state index contributed by atoms with van der Waals surface area (Å²) in [7, 11) is -3.43. The first-order valence-corrected chi connectivity index (χ1v) is 12.2. The van der Waals surface area contributed by atoms with Crippen molar-refractivity contribution in [3.05, 3.63) is 36.0 Å². The largest absolute Gasteiger partial charge is 0.507 e. The lowest BCUT2D eigenvalue weighted by Crippen LogP contribution is -2.55. The second-order valence-corrected chi connectivity index (χ2v) is 11.1. The Morgan fingerprint density at radius 3 is 2.19 bits per heavy atom. The molecule has 1 aromatic carbocycles. The van der Waals surface area contributed by atoms with Crippen molar-refractivity contribution in [2.75, 3.05) is 44.2 Å². The number of anilines is 1. The van der Waals surface area contributed by atoms with E-state index in [1.54, 1.807) is 26.8 Å². The highest BCUT2D eigenvalue weighted by Crippen LogP contribution is 2.32. The van der Waals surface area contributed by atoms with Crippen LogP contribution in [-0.2, 0) is 10.2 Å². The monoisotopic (exact) mass is 445 g/mol. The molecule has 0 radical (unpaired) electrons. The molecule has 3 heterocycles. The molecule has 1 N–H and O–H groups in total. The van der Waals surface area contributed by atoms with Gasteiger partial charge in [0, 0.05) is 51.0 Å². The summed E-state index contributed by atoms with van der Waals surface area (Å²) in [4.78, 5) is 11.2. The first-order valence-electron chi connectivity index (χ1n) is 10.8. The van der Waals surface area contributed by atoms with Crippen LogP contribution >= 0.6 is 0 Å². The Hall–Kier alpha value is -2.23. The van der Waals surface area contributed by atoms with Gasteiger partial charge < -0.3 is 10.0 Å². The Morgan fingerprint density at radius 2 is 1.55 bits per heavy atom. The fourth-order valence-electron chi connectivity index (χ4n) is 4.13. The van der Waals surface area contributed by atoms with E-state index in [-0.39, 0.29) is 11.2 Å². The quantitative estimate of drug-likeness (QED) is 0.778. The van der Waals surface area contributed by atoms with Gasteiger partial charge in [0.2, 0.25) is 0 Å². The van der Waals surface area contributed by atoms with Crippen LogP contribution in [0.2, 0.25) is 0 Å². The third kappa shape index (κ3) is 4.68. The predicted octanol–water partition coefficient (Wildman–Crippen LogP) is 2.65. The molecule has 168 valence electrons. The van der Waals surface area contributed by atoms with Crippen LogP contribution in [0, 0.1) is 12.3 Å². The van der Waals surface area contributed by atoms with Crippen LogP contribution in [0.1, 0.15) is 32.4 Å². The summed E-state index contributed by atoms with van der Waals surface area (Å²) in [6, 6.07) is 8.91. The Kier molecular flexibility index (Phi) is 5.93. The Bertz CT molecular complexity index is 1040. The first-order chi connectivity index (χ1) is 14.7. The summed E-state index contributed by atoms with van der Waals surface area (Å²) >= 11 is 0. The average molecular weight is 446 g/mol. The normalized spacial score (nSPS) is 20.7. The van der Waals surface area contributed by atoms with Crippen LogP contribution < -0.4 is 4.90 Å². The van der Waals surface area contributed by atoms with E-state index in [9.17, 15) is 13.5 Å². The molecular formula is C22H31N5O3S. The lowest BCUT2D eigenvalue weighted by molar-refractivity contribution is 0.186. The molecule has 1 aromatic heterocycles.